The molecule has 17 heavy (non-hydrogen) atoms. The Morgan fingerprint density at radius 1 is 1.53 bits per heavy atom. The van der Waals surface area contributed by atoms with E-state index in [1.54, 1.807) is 6.20 Å². The third-order valence-electron chi connectivity index (χ3n) is 2.31. The maximum atomic E-state index is 5.90. The third-order valence-corrected chi connectivity index (χ3v) is 3.10. The molecule has 3 nitrogen and oxygen atoms in total. The van der Waals surface area contributed by atoms with Gasteiger partial charge in [-0.15, -0.1) is 0 Å². The normalized spacial score (nSPS) is 10.9. The van der Waals surface area contributed by atoms with Crippen molar-refractivity contribution in [1.29, 1.82) is 0 Å². The van der Waals surface area contributed by atoms with E-state index in [0.717, 1.165) is 29.8 Å². The van der Waals surface area contributed by atoms with E-state index in [4.69, 9.17) is 17.3 Å². The summed E-state index contributed by atoms with van der Waals surface area (Å²) in [4.78, 5) is 6.64. The first-order valence-electron chi connectivity index (χ1n) is 5.80. The molecule has 0 aliphatic rings. The molecule has 0 saturated heterocycles. The number of aromatic nitrogens is 1. The van der Waals surface area contributed by atoms with E-state index in [1.165, 1.54) is 0 Å². The fourth-order valence-corrected chi connectivity index (χ4v) is 2.54. The van der Waals surface area contributed by atoms with Crippen molar-refractivity contribution in [3.05, 3.63) is 21.8 Å². The molecular weight excluding hydrogens is 302 g/mol. The lowest BCUT2D eigenvalue weighted by molar-refractivity contribution is 0.595. The zero-order valence-corrected chi connectivity index (χ0v) is 12.6. The molecule has 0 spiro atoms. The van der Waals surface area contributed by atoms with Crippen LogP contribution < -0.4 is 10.6 Å². The van der Waals surface area contributed by atoms with Gasteiger partial charge in [-0.1, -0.05) is 25.4 Å². The van der Waals surface area contributed by atoms with Crippen LogP contribution >= 0.6 is 27.5 Å². The van der Waals surface area contributed by atoms with Crippen LogP contribution in [0.4, 0.5) is 5.82 Å². The standard InChI is InChI=1S/C12H19BrClN3/c1-9(2)8-17(5-3-4-15)12-11(13)6-10(14)7-16-12/h6-7,9H,3-5,8,15H2,1-2H3. The average Bonchev–Trinajstić information content (AvgIpc) is 2.24. The van der Waals surface area contributed by atoms with E-state index >= 15 is 0 Å². The Balaban J connectivity index is 2.86. The zero-order valence-electron chi connectivity index (χ0n) is 10.3. The van der Waals surface area contributed by atoms with Crippen molar-refractivity contribution >= 4 is 33.3 Å². The molecule has 0 aromatic carbocycles. The number of pyridine rings is 1. The minimum atomic E-state index is 0.581. The van der Waals surface area contributed by atoms with Gasteiger partial charge < -0.3 is 10.6 Å². The monoisotopic (exact) mass is 319 g/mol. The molecule has 0 amide bonds. The first-order chi connectivity index (χ1) is 8.04. The minimum Gasteiger partial charge on any atom is -0.355 e. The van der Waals surface area contributed by atoms with Crippen LogP contribution in [-0.2, 0) is 0 Å². The maximum Gasteiger partial charge on any atom is 0.142 e. The SMILES string of the molecule is CC(C)CN(CCCN)c1ncc(Cl)cc1Br. The summed E-state index contributed by atoms with van der Waals surface area (Å²) in [5.74, 6) is 1.52. The average molecular weight is 321 g/mol. The fourth-order valence-electron chi connectivity index (χ4n) is 1.65. The van der Waals surface area contributed by atoms with Gasteiger partial charge in [0.25, 0.3) is 0 Å². The third kappa shape index (κ3) is 4.82. The number of rotatable bonds is 6. The van der Waals surface area contributed by atoms with Crippen LogP contribution in [0.2, 0.25) is 5.02 Å². The molecule has 0 bridgehead atoms. The van der Waals surface area contributed by atoms with Gasteiger partial charge in [0.1, 0.15) is 5.82 Å². The van der Waals surface area contributed by atoms with Crippen LogP contribution in [0.3, 0.4) is 0 Å². The van der Waals surface area contributed by atoms with Crippen LogP contribution in [-0.4, -0.2) is 24.6 Å². The summed E-state index contributed by atoms with van der Waals surface area (Å²) in [6.07, 6.45) is 2.64. The van der Waals surface area contributed by atoms with Gasteiger partial charge in [-0.3, -0.25) is 0 Å². The van der Waals surface area contributed by atoms with E-state index in [0.29, 0.717) is 17.5 Å². The van der Waals surface area contributed by atoms with E-state index in [-0.39, 0.29) is 0 Å². The van der Waals surface area contributed by atoms with Crippen LogP contribution in [0.5, 0.6) is 0 Å². The lowest BCUT2D eigenvalue weighted by Gasteiger charge is -2.26. The molecule has 0 fully saturated rings. The molecule has 0 aliphatic carbocycles. The van der Waals surface area contributed by atoms with Crippen molar-refractivity contribution < 1.29 is 0 Å². The van der Waals surface area contributed by atoms with Crippen molar-refractivity contribution in [2.75, 3.05) is 24.5 Å². The Bertz CT molecular complexity index is 358. The van der Waals surface area contributed by atoms with E-state index in [9.17, 15) is 0 Å². The molecular formula is C12H19BrClN3. The predicted octanol–water partition coefficient (Wildman–Crippen LogP) is 3.31. The van der Waals surface area contributed by atoms with Crippen LogP contribution in [0.25, 0.3) is 0 Å². The first kappa shape index (κ1) is 14.7. The van der Waals surface area contributed by atoms with Crippen molar-refractivity contribution in [1.82, 2.24) is 4.98 Å². The second-order valence-corrected chi connectivity index (χ2v) is 5.73. The van der Waals surface area contributed by atoms with E-state index < -0.39 is 0 Å². The molecule has 0 aliphatic heterocycles. The van der Waals surface area contributed by atoms with Gasteiger partial charge in [0.15, 0.2) is 0 Å². The molecule has 0 radical (unpaired) electrons. The van der Waals surface area contributed by atoms with Gasteiger partial charge >= 0.3 is 0 Å². The smallest absolute Gasteiger partial charge is 0.142 e. The topological polar surface area (TPSA) is 42.1 Å². The lowest BCUT2D eigenvalue weighted by atomic mass is 10.2. The van der Waals surface area contributed by atoms with Crippen LogP contribution in [0.15, 0.2) is 16.7 Å². The molecule has 1 rings (SSSR count). The number of nitrogens with zero attached hydrogens (tertiary/aromatic N) is 2. The maximum absolute atomic E-state index is 5.90. The molecule has 1 aromatic rings. The minimum absolute atomic E-state index is 0.581. The van der Waals surface area contributed by atoms with Crippen molar-refractivity contribution in [3.8, 4) is 0 Å². The number of halogens is 2. The second-order valence-electron chi connectivity index (χ2n) is 4.44. The highest BCUT2D eigenvalue weighted by atomic mass is 79.9. The summed E-state index contributed by atoms with van der Waals surface area (Å²) >= 11 is 9.41. The number of hydrogen-bond acceptors (Lipinski definition) is 3. The quantitative estimate of drug-likeness (QED) is 0.874. The molecule has 5 heteroatoms. The summed E-state index contributed by atoms with van der Waals surface area (Å²) in [7, 11) is 0. The van der Waals surface area contributed by atoms with Gasteiger partial charge in [0.05, 0.1) is 9.50 Å². The van der Waals surface area contributed by atoms with Crippen LogP contribution in [0, 0.1) is 5.92 Å². The zero-order chi connectivity index (χ0) is 12.8. The first-order valence-corrected chi connectivity index (χ1v) is 6.97. The van der Waals surface area contributed by atoms with Crippen molar-refractivity contribution in [2.45, 2.75) is 20.3 Å². The Morgan fingerprint density at radius 2 is 2.24 bits per heavy atom. The number of hydrogen-bond donors (Lipinski definition) is 1. The van der Waals surface area contributed by atoms with Crippen molar-refractivity contribution in [2.24, 2.45) is 11.7 Å². The van der Waals surface area contributed by atoms with Gasteiger partial charge in [0.2, 0.25) is 0 Å². The lowest BCUT2D eigenvalue weighted by Crippen LogP contribution is -2.31. The van der Waals surface area contributed by atoms with Gasteiger partial charge in [-0.2, -0.15) is 0 Å². The Morgan fingerprint density at radius 3 is 2.76 bits per heavy atom. The summed E-state index contributed by atoms with van der Waals surface area (Å²) in [6.45, 7) is 6.97. The Hall–Kier alpha value is -0.320. The Kier molecular flexibility index (Phi) is 6.23. The highest BCUT2D eigenvalue weighted by Gasteiger charge is 2.13. The van der Waals surface area contributed by atoms with Gasteiger partial charge in [-0.25, -0.2) is 4.98 Å². The van der Waals surface area contributed by atoms with E-state index in [2.05, 4.69) is 39.7 Å². The molecule has 96 valence electrons. The van der Waals surface area contributed by atoms with Gasteiger partial charge in [0, 0.05) is 19.3 Å². The van der Waals surface area contributed by atoms with Gasteiger partial charge in [-0.05, 0) is 40.9 Å². The van der Waals surface area contributed by atoms with E-state index in [1.807, 2.05) is 6.07 Å². The summed E-state index contributed by atoms with van der Waals surface area (Å²) < 4.78 is 0.933. The summed E-state index contributed by atoms with van der Waals surface area (Å²) in [6, 6.07) is 1.87. The highest BCUT2D eigenvalue weighted by Crippen LogP contribution is 2.27. The molecule has 2 N–H and O–H groups in total. The Labute approximate surface area is 116 Å². The molecule has 1 aromatic heterocycles. The summed E-state index contributed by atoms with van der Waals surface area (Å²) in [5, 5.41) is 0.643. The molecule has 0 atom stereocenters. The number of nitrogens with two attached hydrogens (primary N) is 1. The molecule has 0 saturated carbocycles. The summed E-state index contributed by atoms with van der Waals surface area (Å²) in [5.41, 5.74) is 5.57. The van der Waals surface area contributed by atoms with Crippen LogP contribution in [0.1, 0.15) is 20.3 Å². The second kappa shape index (κ2) is 7.19. The largest absolute Gasteiger partial charge is 0.355 e. The molecule has 0 unspecified atom stereocenters. The number of anilines is 1. The highest BCUT2D eigenvalue weighted by molar-refractivity contribution is 9.10. The molecule has 1 heterocycles. The van der Waals surface area contributed by atoms with Crippen molar-refractivity contribution in [3.63, 3.8) is 0 Å². The fraction of sp³-hybridized carbons (Fsp3) is 0.583. The predicted molar refractivity (Wildman–Crippen MR) is 77.7 cm³/mol.